The highest BCUT2D eigenvalue weighted by Crippen LogP contribution is 2.55. The van der Waals surface area contributed by atoms with E-state index in [-0.39, 0.29) is 17.7 Å². The molecule has 2 amide bonds. The first-order chi connectivity index (χ1) is 10.9. The largest absolute Gasteiger partial charge is 0.332 e. The van der Waals surface area contributed by atoms with Crippen LogP contribution < -0.4 is 15.8 Å². The highest BCUT2D eigenvalue weighted by molar-refractivity contribution is 7.90. The molecule has 2 unspecified atom stereocenters. The zero-order valence-electron chi connectivity index (χ0n) is 13.5. The van der Waals surface area contributed by atoms with Gasteiger partial charge in [0.15, 0.2) is 0 Å². The summed E-state index contributed by atoms with van der Waals surface area (Å²) in [6.07, 6.45) is 8.80. The first-order valence-corrected chi connectivity index (χ1v) is 9.97. The summed E-state index contributed by atoms with van der Waals surface area (Å²) >= 11 is 0. The predicted octanol–water partition coefficient (Wildman–Crippen LogP) is 1.76. The first kappa shape index (κ1) is 16.5. The maximum atomic E-state index is 12.2. The minimum atomic E-state index is -3.67. The van der Waals surface area contributed by atoms with Crippen molar-refractivity contribution in [2.45, 2.75) is 45.4 Å². The minimum absolute atomic E-state index is 0.0107. The minimum Gasteiger partial charge on any atom is -0.329 e. The first-order valence-electron chi connectivity index (χ1n) is 8.32. The highest BCUT2D eigenvalue weighted by atomic mass is 32.2. The molecule has 6 nitrogen and oxygen atoms in total. The molecule has 0 saturated heterocycles. The van der Waals surface area contributed by atoms with Crippen molar-refractivity contribution in [3.05, 3.63) is 22.9 Å². The van der Waals surface area contributed by atoms with Crippen molar-refractivity contribution < 1.29 is 13.2 Å². The molecular weight excluding hydrogens is 314 g/mol. The number of carbonyl (C=O) groups excluding carboxylic acids is 1. The number of nitrogens with one attached hydrogen (secondary N) is 2. The molecule has 7 heteroatoms. The van der Waals surface area contributed by atoms with Crippen molar-refractivity contribution in [2.75, 3.05) is 12.3 Å². The third-order valence-electron chi connectivity index (χ3n) is 5.44. The van der Waals surface area contributed by atoms with Gasteiger partial charge in [-0.1, -0.05) is 19.4 Å². The molecule has 3 aliphatic rings. The Kier molecular flexibility index (Phi) is 4.27. The van der Waals surface area contributed by atoms with Crippen LogP contribution in [0.15, 0.2) is 22.9 Å². The van der Waals surface area contributed by atoms with Crippen LogP contribution in [0, 0.1) is 11.3 Å². The lowest BCUT2D eigenvalue weighted by molar-refractivity contribution is 0.240. The number of hydrogen-bond acceptors (Lipinski definition) is 4. The number of hydrogen-bond donors (Lipinski definition) is 3. The van der Waals surface area contributed by atoms with Gasteiger partial charge in [0, 0.05) is 17.7 Å². The molecule has 0 spiro atoms. The second-order valence-corrected chi connectivity index (χ2v) is 8.82. The molecule has 23 heavy (non-hydrogen) atoms. The maximum Gasteiger partial charge on any atom is 0.332 e. The van der Waals surface area contributed by atoms with E-state index in [1.807, 2.05) is 0 Å². The standard InChI is InChI=1S/C16H25N3O3S/c1-16-7-3-5-12(16)10-11-4-2-6-13(11)14(16)18-15(20)19-23(21,22)9-8-17/h10,12H,2-9,17H2,1H3,(H2,18,19,20). The topological polar surface area (TPSA) is 101 Å². The van der Waals surface area contributed by atoms with E-state index in [2.05, 4.69) is 23.0 Å². The number of allylic oxidation sites excluding steroid dienone is 4. The van der Waals surface area contributed by atoms with Crippen LogP contribution in [-0.2, 0) is 10.0 Å². The van der Waals surface area contributed by atoms with Crippen LogP contribution in [0.3, 0.4) is 0 Å². The van der Waals surface area contributed by atoms with Crippen molar-refractivity contribution in [2.24, 2.45) is 17.1 Å². The molecule has 4 N–H and O–H groups in total. The third kappa shape index (κ3) is 3.04. The van der Waals surface area contributed by atoms with E-state index in [0.717, 1.165) is 44.2 Å². The van der Waals surface area contributed by atoms with E-state index < -0.39 is 16.1 Å². The van der Waals surface area contributed by atoms with Gasteiger partial charge in [-0.25, -0.2) is 17.9 Å². The number of sulfonamides is 1. The quantitative estimate of drug-likeness (QED) is 0.726. The molecule has 2 fully saturated rings. The van der Waals surface area contributed by atoms with Gasteiger partial charge in [-0.2, -0.15) is 0 Å². The molecule has 0 bridgehead atoms. The van der Waals surface area contributed by atoms with Gasteiger partial charge in [-0.05, 0) is 49.2 Å². The summed E-state index contributed by atoms with van der Waals surface area (Å²) in [6.45, 7) is 2.18. The summed E-state index contributed by atoms with van der Waals surface area (Å²) in [5.41, 5.74) is 8.68. The van der Waals surface area contributed by atoms with Gasteiger partial charge in [-0.15, -0.1) is 0 Å². The fraction of sp³-hybridized carbons (Fsp3) is 0.688. The SMILES string of the molecule is CC12CCCC1C=C1CCCC1=C2NC(=O)NS(=O)(=O)CCN. The Bertz CT molecular complexity index is 681. The van der Waals surface area contributed by atoms with Crippen molar-refractivity contribution in [1.82, 2.24) is 10.0 Å². The van der Waals surface area contributed by atoms with E-state index in [9.17, 15) is 13.2 Å². The van der Waals surface area contributed by atoms with E-state index in [1.165, 1.54) is 11.1 Å². The monoisotopic (exact) mass is 339 g/mol. The van der Waals surface area contributed by atoms with Gasteiger partial charge in [-0.3, -0.25) is 0 Å². The molecule has 0 aromatic rings. The number of carbonyl (C=O) groups is 1. The maximum absolute atomic E-state index is 12.2. The lowest BCUT2D eigenvalue weighted by Crippen LogP contribution is -2.45. The highest BCUT2D eigenvalue weighted by Gasteiger charge is 2.46. The fourth-order valence-corrected chi connectivity index (χ4v) is 5.05. The Hall–Kier alpha value is -1.34. The zero-order valence-corrected chi connectivity index (χ0v) is 14.3. The molecule has 128 valence electrons. The normalized spacial score (nSPS) is 29.8. The lowest BCUT2D eigenvalue weighted by Gasteiger charge is -2.38. The van der Waals surface area contributed by atoms with Gasteiger partial charge in [0.05, 0.1) is 5.75 Å². The van der Waals surface area contributed by atoms with Gasteiger partial charge in [0.2, 0.25) is 10.0 Å². The average Bonchev–Trinajstić information content (AvgIpc) is 3.04. The van der Waals surface area contributed by atoms with E-state index in [1.54, 1.807) is 0 Å². The summed E-state index contributed by atoms with van der Waals surface area (Å²) in [6, 6.07) is -0.666. The molecule has 0 radical (unpaired) electrons. The molecule has 0 aromatic heterocycles. The molecule has 0 aliphatic heterocycles. The van der Waals surface area contributed by atoms with Crippen LogP contribution in [0.4, 0.5) is 4.79 Å². The van der Waals surface area contributed by atoms with E-state index in [0.29, 0.717) is 5.92 Å². The summed E-state index contributed by atoms with van der Waals surface area (Å²) in [4.78, 5) is 12.2. The van der Waals surface area contributed by atoms with Crippen molar-refractivity contribution in [1.29, 1.82) is 0 Å². The lowest BCUT2D eigenvalue weighted by atomic mass is 9.70. The van der Waals surface area contributed by atoms with Crippen molar-refractivity contribution in [3.63, 3.8) is 0 Å². The molecule has 3 rings (SSSR count). The molecule has 0 heterocycles. The zero-order chi connectivity index (χ0) is 16.7. The molecule has 0 aromatic carbocycles. The van der Waals surface area contributed by atoms with Crippen LogP contribution >= 0.6 is 0 Å². The van der Waals surface area contributed by atoms with E-state index >= 15 is 0 Å². The Balaban J connectivity index is 1.85. The number of rotatable bonds is 4. The predicted molar refractivity (Wildman–Crippen MR) is 88.9 cm³/mol. The van der Waals surface area contributed by atoms with Crippen LogP contribution in [0.2, 0.25) is 0 Å². The van der Waals surface area contributed by atoms with Crippen molar-refractivity contribution >= 4 is 16.1 Å². The van der Waals surface area contributed by atoms with Crippen LogP contribution in [0.5, 0.6) is 0 Å². The summed E-state index contributed by atoms with van der Waals surface area (Å²) in [5.74, 6) is 0.187. The molecule has 3 aliphatic carbocycles. The number of urea groups is 1. The molecule has 2 atom stereocenters. The van der Waals surface area contributed by atoms with Gasteiger partial charge in [0.1, 0.15) is 0 Å². The Morgan fingerprint density at radius 1 is 1.39 bits per heavy atom. The fourth-order valence-electron chi connectivity index (χ4n) is 4.30. The van der Waals surface area contributed by atoms with Crippen molar-refractivity contribution in [3.8, 4) is 0 Å². The second kappa shape index (κ2) is 5.94. The third-order valence-corrected chi connectivity index (χ3v) is 6.71. The number of nitrogens with two attached hydrogens (primary N) is 1. The Labute approximate surface area is 137 Å². The van der Waals surface area contributed by atoms with Crippen LogP contribution in [0.1, 0.15) is 45.4 Å². The average molecular weight is 339 g/mol. The second-order valence-electron chi connectivity index (χ2n) is 6.98. The molecular formula is C16H25N3O3S. The number of fused-ring (bicyclic) bond motifs is 2. The Morgan fingerprint density at radius 3 is 2.91 bits per heavy atom. The summed E-state index contributed by atoms with van der Waals surface area (Å²) in [5, 5.41) is 2.89. The van der Waals surface area contributed by atoms with Gasteiger partial charge in [0.25, 0.3) is 0 Å². The van der Waals surface area contributed by atoms with Gasteiger partial charge >= 0.3 is 6.03 Å². The molecule has 2 saturated carbocycles. The Morgan fingerprint density at radius 2 is 2.17 bits per heavy atom. The van der Waals surface area contributed by atoms with E-state index in [4.69, 9.17) is 5.73 Å². The smallest absolute Gasteiger partial charge is 0.329 e. The summed E-state index contributed by atoms with van der Waals surface area (Å²) in [7, 11) is -3.67. The van der Waals surface area contributed by atoms with Crippen LogP contribution in [0.25, 0.3) is 0 Å². The van der Waals surface area contributed by atoms with Gasteiger partial charge < -0.3 is 11.1 Å². The van der Waals surface area contributed by atoms with Crippen LogP contribution in [-0.4, -0.2) is 26.7 Å². The number of amides is 2. The summed E-state index contributed by atoms with van der Waals surface area (Å²) < 4.78 is 25.5.